The van der Waals surface area contributed by atoms with Gasteiger partial charge in [0.05, 0.1) is 0 Å². The second-order valence-corrected chi connectivity index (χ2v) is 1.32. The number of ether oxygens (including phenoxy) is 1. The fourth-order valence-corrected chi connectivity index (χ4v) is 0.284. The zero-order valence-corrected chi connectivity index (χ0v) is 5.22. The van der Waals surface area contributed by atoms with Crippen LogP contribution in [0.4, 0.5) is 0 Å². The Morgan fingerprint density at radius 3 is 2.86 bits per heavy atom. The van der Waals surface area contributed by atoms with Gasteiger partial charge in [-0.3, -0.25) is 4.79 Å². The molecule has 0 aliphatic rings. The molecule has 0 N–H and O–H groups in total. The first-order chi connectivity index (χ1) is 3.41. The molecule has 0 rings (SSSR count). The van der Waals surface area contributed by atoms with Gasteiger partial charge in [0.2, 0.25) is 0 Å². The second kappa shape index (κ2) is 5.69. The van der Waals surface area contributed by atoms with Crippen LogP contribution in [0.3, 0.4) is 0 Å². The maximum absolute atomic E-state index is 9.41. The molecule has 0 spiro atoms. The Morgan fingerprint density at radius 2 is 2.43 bits per heavy atom. The number of halogens is 1. The van der Waals surface area contributed by atoms with Gasteiger partial charge < -0.3 is 4.74 Å². The summed E-state index contributed by atoms with van der Waals surface area (Å²) in [7, 11) is 0. The summed E-state index contributed by atoms with van der Waals surface area (Å²) in [5, 5.41) is 0. The highest BCUT2D eigenvalue weighted by molar-refractivity contribution is 9.11. The standard InChI is InChI=1S/C4H5BrO2/c5-2-1-3-7-4-6/h1-2,4H,3H2/b2-1+. The Kier molecular flexibility index (Phi) is 5.44. The smallest absolute Gasteiger partial charge is 0.293 e. The third-order valence-electron chi connectivity index (χ3n) is 0.350. The summed E-state index contributed by atoms with van der Waals surface area (Å²) >= 11 is 3.00. The first-order valence-electron chi connectivity index (χ1n) is 1.72. The summed E-state index contributed by atoms with van der Waals surface area (Å²) in [6, 6.07) is 0. The van der Waals surface area contributed by atoms with Crippen LogP contribution in [0.15, 0.2) is 11.1 Å². The van der Waals surface area contributed by atoms with E-state index in [9.17, 15) is 4.79 Å². The van der Waals surface area contributed by atoms with Crippen molar-refractivity contribution in [2.24, 2.45) is 0 Å². The van der Waals surface area contributed by atoms with E-state index in [1.54, 1.807) is 11.1 Å². The molecule has 0 radical (unpaired) electrons. The summed E-state index contributed by atoms with van der Waals surface area (Å²) in [6.45, 7) is 0.752. The van der Waals surface area contributed by atoms with E-state index >= 15 is 0 Å². The fourth-order valence-electron chi connectivity index (χ4n) is 0.131. The quantitative estimate of drug-likeness (QED) is 0.461. The van der Waals surface area contributed by atoms with Crippen LogP contribution in [0.5, 0.6) is 0 Å². The average Bonchev–Trinajstić information content (AvgIpc) is 1.69. The molecule has 0 aromatic rings. The topological polar surface area (TPSA) is 26.3 Å². The van der Waals surface area contributed by atoms with Gasteiger partial charge in [0.25, 0.3) is 6.47 Å². The Morgan fingerprint density at radius 1 is 1.71 bits per heavy atom. The molecule has 0 aliphatic carbocycles. The summed E-state index contributed by atoms with van der Waals surface area (Å²) in [6.07, 6.45) is 1.68. The molecule has 0 aliphatic heterocycles. The zero-order valence-electron chi connectivity index (χ0n) is 3.63. The molecule has 7 heavy (non-hydrogen) atoms. The zero-order chi connectivity index (χ0) is 5.54. The van der Waals surface area contributed by atoms with E-state index in [4.69, 9.17) is 0 Å². The van der Waals surface area contributed by atoms with Crippen LogP contribution in [0.2, 0.25) is 0 Å². The van der Waals surface area contributed by atoms with Crippen LogP contribution in [-0.4, -0.2) is 13.1 Å². The highest BCUT2D eigenvalue weighted by atomic mass is 79.9. The molecule has 0 heterocycles. The molecular weight excluding hydrogens is 160 g/mol. The molecule has 0 fully saturated rings. The molecule has 0 aromatic heterocycles. The maximum Gasteiger partial charge on any atom is 0.293 e. The number of carbonyl (C=O) groups is 1. The number of carbonyl (C=O) groups excluding carboxylic acids is 1. The van der Waals surface area contributed by atoms with Crippen molar-refractivity contribution in [2.75, 3.05) is 6.61 Å². The molecule has 40 valence electrons. The summed E-state index contributed by atoms with van der Waals surface area (Å²) in [5.41, 5.74) is 0. The molecule has 0 atom stereocenters. The predicted molar refractivity (Wildman–Crippen MR) is 30.1 cm³/mol. The predicted octanol–water partition coefficient (Wildman–Crippen LogP) is 1.07. The van der Waals surface area contributed by atoms with Gasteiger partial charge in [-0.05, 0) is 11.1 Å². The van der Waals surface area contributed by atoms with Crippen molar-refractivity contribution in [2.45, 2.75) is 0 Å². The van der Waals surface area contributed by atoms with Crippen LogP contribution in [0.25, 0.3) is 0 Å². The SMILES string of the molecule is O=COC/C=C/Br. The van der Waals surface area contributed by atoms with E-state index in [1.165, 1.54) is 0 Å². The van der Waals surface area contributed by atoms with Crippen LogP contribution < -0.4 is 0 Å². The first kappa shape index (κ1) is 6.69. The summed E-state index contributed by atoms with van der Waals surface area (Å²) < 4.78 is 4.28. The minimum Gasteiger partial charge on any atom is -0.464 e. The van der Waals surface area contributed by atoms with Crippen molar-refractivity contribution < 1.29 is 9.53 Å². The van der Waals surface area contributed by atoms with Crippen molar-refractivity contribution >= 4 is 22.4 Å². The molecular formula is C4H5BrO2. The lowest BCUT2D eigenvalue weighted by molar-refractivity contribution is -0.127. The Hall–Kier alpha value is -0.310. The van der Waals surface area contributed by atoms with Crippen molar-refractivity contribution in [3.63, 3.8) is 0 Å². The third kappa shape index (κ3) is 5.69. The van der Waals surface area contributed by atoms with Crippen LogP contribution in [0, 0.1) is 0 Å². The van der Waals surface area contributed by atoms with Crippen LogP contribution in [0.1, 0.15) is 0 Å². The highest BCUT2D eigenvalue weighted by Gasteiger charge is 1.69. The number of rotatable bonds is 3. The van der Waals surface area contributed by atoms with Gasteiger partial charge in [-0.15, -0.1) is 0 Å². The Balaban J connectivity index is 2.82. The lowest BCUT2D eigenvalue weighted by Gasteiger charge is -1.83. The number of hydrogen-bond acceptors (Lipinski definition) is 2. The average molecular weight is 165 g/mol. The van der Waals surface area contributed by atoms with Crippen molar-refractivity contribution in [1.29, 1.82) is 0 Å². The van der Waals surface area contributed by atoms with E-state index in [2.05, 4.69) is 20.7 Å². The summed E-state index contributed by atoms with van der Waals surface area (Å²) in [4.78, 5) is 11.0. The van der Waals surface area contributed by atoms with Gasteiger partial charge in [0, 0.05) is 0 Å². The molecule has 0 saturated heterocycles. The van der Waals surface area contributed by atoms with Gasteiger partial charge in [-0.1, -0.05) is 15.9 Å². The second-order valence-electron chi connectivity index (χ2n) is 0.791. The third-order valence-corrected chi connectivity index (χ3v) is 0.723. The minimum absolute atomic E-state index is 0.342. The van der Waals surface area contributed by atoms with Crippen LogP contribution >= 0.6 is 15.9 Å². The maximum atomic E-state index is 9.41. The molecule has 2 nitrogen and oxygen atoms in total. The summed E-state index contributed by atoms with van der Waals surface area (Å²) in [5.74, 6) is 0. The molecule has 0 unspecified atom stereocenters. The molecule has 0 aromatic carbocycles. The fraction of sp³-hybridized carbons (Fsp3) is 0.250. The normalized spacial score (nSPS) is 9.29. The van der Waals surface area contributed by atoms with E-state index in [1.807, 2.05) is 0 Å². The van der Waals surface area contributed by atoms with E-state index in [0.717, 1.165) is 0 Å². The Bertz CT molecular complexity index is 70.1. The Labute approximate surface area is 50.3 Å². The van der Waals surface area contributed by atoms with E-state index in [-0.39, 0.29) is 0 Å². The van der Waals surface area contributed by atoms with E-state index in [0.29, 0.717) is 13.1 Å². The molecule has 3 heteroatoms. The van der Waals surface area contributed by atoms with Crippen molar-refractivity contribution in [3.8, 4) is 0 Å². The van der Waals surface area contributed by atoms with Gasteiger partial charge in [0.15, 0.2) is 0 Å². The number of hydrogen-bond donors (Lipinski definition) is 0. The van der Waals surface area contributed by atoms with Crippen molar-refractivity contribution in [1.82, 2.24) is 0 Å². The van der Waals surface area contributed by atoms with Gasteiger partial charge in [-0.2, -0.15) is 0 Å². The van der Waals surface area contributed by atoms with Gasteiger partial charge >= 0.3 is 0 Å². The largest absolute Gasteiger partial charge is 0.464 e. The first-order valence-corrected chi connectivity index (χ1v) is 2.64. The highest BCUT2D eigenvalue weighted by Crippen LogP contribution is 1.80. The van der Waals surface area contributed by atoms with Gasteiger partial charge in [-0.25, -0.2) is 0 Å². The molecule has 0 saturated carbocycles. The lowest BCUT2D eigenvalue weighted by atomic mass is 10.7. The van der Waals surface area contributed by atoms with E-state index < -0.39 is 0 Å². The van der Waals surface area contributed by atoms with Gasteiger partial charge in [0.1, 0.15) is 6.61 Å². The van der Waals surface area contributed by atoms with Crippen LogP contribution in [-0.2, 0) is 9.53 Å². The van der Waals surface area contributed by atoms with Crippen molar-refractivity contribution in [3.05, 3.63) is 11.1 Å². The molecule has 0 amide bonds. The lowest BCUT2D eigenvalue weighted by Crippen LogP contribution is -1.83. The molecule has 0 bridgehead atoms. The monoisotopic (exact) mass is 164 g/mol. The minimum atomic E-state index is 0.342.